The number of benzene rings is 1. The third kappa shape index (κ3) is 4.68. The fourth-order valence-electron chi connectivity index (χ4n) is 4.74. The van der Waals surface area contributed by atoms with Gasteiger partial charge in [0.05, 0.1) is 37.1 Å². The first kappa shape index (κ1) is 26.4. The first-order chi connectivity index (χ1) is 17.1. The highest BCUT2D eigenvalue weighted by Gasteiger charge is 2.55. The summed E-state index contributed by atoms with van der Waals surface area (Å²) in [6.45, 7) is 8.19. The maximum absolute atomic E-state index is 12.9. The summed E-state index contributed by atoms with van der Waals surface area (Å²) in [7, 11) is 1.51. The van der Waals surface area contributed by atoms with Gasteiger partial charge in [-0.2, -0.15) is 15.8 Å². The van der Waals surface area contributed by atoms with Crippen molar-refractivity contribution < 1.29 is 19.0 Å². The number of hydrogen-bond acceptors (Lipinski definition) is 8. The van der Waals surface area contributed by atoms with Crippen LogP contribution in [0.4, 0.5) is 4.79 Å². The Kier molecular flexibility index (Phi) is 7.51. The maximum atomic E-state index is 12.9. The lowest BCUT2D eigenvalue weighted by Gasteiger charge is -2.45. The van der Waals surface area contributed by atoms with E-state index < -0.39 is 28.9 Å². The molecule has 0 fully saturated rings. The van der Waals surface area contributed by atoms with Gasteiger partial charge in [0.2, 0.25) is 0 Å². The number of amides is 1. The summed E-state index contributed by atoms with van der Waals surface area (Å²) in [6, 6.07) is 11.5. The predicted octanol–water partition coefficient (Wildman–Crippen LogP) is 4.14. The van der Waals surface area contributed by atoms with Gasteiger partial charge in [0.15, 0.2) is 16.9 Å². The molecule has 36 heavy (non-hydrogen) atoms. The number of allylic oxidation sites excluding steroid dienone is 2. The van der Waals surface area contributed by atoms with Crippen LogP contribution in [0.2, 0.25) is 0 Å². The molecule has 0 saturated carbocycles. The van der Waals surface area contributed by atoms with Crippen LogP contribution in [0.5, 0.6) is 11.5 Å². The van der Waals surface area contributed by atoms with E-state index in [0.717, 1.165) is 6.42 Å². The van der Waals surface area contributed by atoms with Crippen LogP contribution in [0.15, 0.2) is 41.1 Å². The van der Waals surface area contributed by atoms with E-state index in [-0.39, 0.29) is 24.4 Å². The minimum absolute atomic E-state index is 0.0847. The van der Waals surface area contributed by atoms with Gasteiger partial charge in [-0.15, -0.1) is 0 Å². The molecule has 1 aliphatic carbocycles. The molecular weight excluding hydrogens is 458 g/mol. The summed E-state index contributed by atoms with van der Waals surface area (Å²) in [5.41, 5.74) is 5.10. The first-order valence-electron chi connectivity index (χ1n) is 11.8. The van der Waals surface area contributed by atoms with Crippen LogP contribution in [0.1, 0.15) is 45.6 Å². The summed E-state index contributed by atoms with van der Waals surface area (Å²) in [5.74, 6) is -0.353. The van der Waals surface area contributed by atoms with Gasteiger partial charge >= 0.3 is 6.09 Å². The first-order valence-corrected chi connectivity index (χ1v) is 11.8. The van der Waals surface area contributed by atoms with Gasteiger partial charge in [0, 0.05) is 24.9 Å². The lowest BCUT2D eigenvalue weighted by Crippen LogP contribution is -2.50. The molecule has 2 atom stereocenters. The average Bonchev–Trinajstić information content (AvgIpc) is 2.85. The molecule has 1 amide bonds. The number of carbonyl (C=O) groups is 1. The van der Waals surface area contributed by atoms with E-state index in [2.05, 4.69) is 18.2 Å². The highest BCUT2D eigenvalue weighted by Crippen LogP contribution is 2.55. The quantitative estimate of drug-likeness (QED) is 0.649. The van der Waals surface area contributed by atoms with Gasteiger partial charge in [-0.05, 0) is 50.5 Å². The SMILES string of the molecule is CCCOc1ccc([C@@H]2[C@@H]3CN(C(=O)OC(C)(C)C)CC=C3C(C#N)=C(N)C2(C#N)C#N)cc1OC. The second kappa shape index (κ2) is 10.2. The van der Waals surface area contributed by atoms with Crippen molar-refractivity contribution in [3.05, 3.63) is 46.7 Å². The van der Waals surface area contributed by atoms with Gasteiger partial charge in [0.25, 0.3) is 0 Å². The maximum Gasteiger partial charge on any atom is 0.410 e. The van der Waals surface area contributed by atoms with Crippen molar-refractivity contribution >= 4 is 6.09 Å². The Morgan fingerprint density at radius 1 is 1.22 bits per heavy atom. The van der Waals surface area contributed by atoms with Crippen LogP contribution in [0, 0.1) is 45.3 Å². The number of nitrogens with zero attached hydrogens (tertiary/aromatic N) is 4. The van der Waals surface area contributed by atoms with Crippen molar-refractivity contribution in [3.63, 3.8) is 0 Å². The number of ether oxygens (including phenoxy) is 3. The molecule has 9 nitrogen and oxygen atoms in total. The van der Waals surface area contributed by atoms with Crippen molar-refractivity contribution in [2.75, 3.05) is 26.8 Å². The van der Waals surface area contributed by atoms with E-state index in [9.17, 15) is 20.6 Å². The number of nitrogens with two attached hydrogens (primary N) is 1. The summed E-state index contributed by atoms with van der Waals surface area (Å²) in [6.07, 6.45) is 2.05. The van der Waals surface area contributed by atoms with Crippen molar-refractivity contribution in [3.8, 4) is 29.7 Å². The monoisotopic (exact) mass is 489 g/mol. The minimum atomic E-state index is -1.83. The molecule has 1 aliphatic heterocycles. The van der Waals surface area contributed by atoms with Crippen molar-refractivity contribution in [2.24, 2.45) is 17.1 Å². The number of rotatable bonds is 5. The van der Waals surface area contributed by atoms with Crippen LogP contribution >= 0.6 is 0 Å². The summed E-state index contributed by atoms with van der Waals surface area (Å²) >= 11 is 0. The molecule has 0 aromatic heterocycles. The molecule has 1 aromatic carbocycles. The number of carbonyl (C=O) groups excluding carboxylic acids is 1. The van der Waals surface area contributed by atoms with Gasteiger partial charge in [-0.25, -0.2) is 4.79 Å². The van der Waals surface area contributed by atoms with E-state index in [1.54, 1.807) is 45.0 Å². The molecule has 1 aromatic rings. The Bertz CT molecular complexity index is 1210. The second-order valence-electron chi connectivity index (χ2n) is 9.82. The highest BCUT2D eigenvalue weighted by molar-refractivity contribution is 5.70. The predicted molar refractivity (Wildman–Crippen MR) is 131 cm³/mol. The Balaban J connectivity index is 2.19. The number of fused-ring (bicyclic) bond motifs is 1. The molecule has 0 spiro atoms. The van der Waals surface area contributed by atoms with E-state index in [1.807, 2.05) is 6.92 Å². The van der Waals surface area contributed by atoms with Crippen LogP contribution in [-0.4, -0.2) is 43.4 Å². The molecule has 0 radical (unpaired) electrons. The van der Waals surface area contributed by atoms with Gasteiger partial charge < -0.3 is 24.8 Å². The van der Waals surface area contributed by atoms with E-state index in [0.29, 0.717) is 29.2 Å². The van der Waals surface area contributed by atoms with E-state index in [1.165, 1.54) is 12.0 Å². The zero-order valence-electron chi connectivity index (χ0n) is 21.3. The lowest BCUT2D eigenvalue weighted by molar-refractivity contribution is 0.0224. The smallest absolute Gasteiger partial charge is 0.410 e. The average molecular weight is 490 g/mol. The van der Waals surface area contributed by atoms with Crippen LogP contribution in [0.3, 0.4) is 0 Å². The number of methoxy groups -OCH3 is 1. The van der Waals surface area contributed by atoms with Crippen molar-refractivity contribution in [1.82, 2.24) is 4.90 Å². The fraction of sp³-hybridized carbons (Fsp3) is 0.481. The Morgan fingerprint density at radius 2 is 1.92 bits per heavy atom. The van der Waals surface area contributed by atoms with Gasteiger partial charge in [-0.1, -0.05) is 19.1 Å². The normalized spacial score (nSPS) is 20.7. The largest absolute Gasteiger partial charge is 0.493 e. The third-order valence-corrected chi connectivity index (χ3v) is 6.32. The Hall–Kier alpha value is -4.16. The van der Waals surface area contributed by atoms with Crippen molar-refractivity contribution in [2.45, 2.75) is 45.6 Å². The van der Waals surface area contributed by atoms with Gasteiger partial charge in [-0.3, -0.25) is 0 Å². The molecule has 2 aliphatic rings. The number of nitriles is 3. The minimum Gasteiger partial charge on any atom is -0.493 e. The molecule has 0 saturated heterocycles. The fourth-order valence-corrected chi connectivity index (χ4v) is 4.74. The highest BCUT2D eigenvalue weighted by atomic mass is 16.6. The Morgan fingerprint density at radius 3 is 2.47 bits per heavy atom. The van der Waals surface area contributed by atoms with E-state index >= 15 is 0 Å². The zero-order chi connectivity index (χ0) is 26.7. The Labute approximate surface area is 211 Å². The molecule has 0 unspecified atom stereocenters. The zero-order valence-corrected chi connectivity index (χ0v) is 21.3. The van der Waals surface area contributed by atoms with Crippen LogP contribution in [-0.2, 0) is 4.74 Å². The summed E-state index contributed by atoms with van der Waals surface area (Å²) in [5, 5.41) is 30.5. The van der Waals surface area contributed by atoms with Crippen LogP contribution in [0.25, 0.3) is 0 Å². The molecule has 9 heteroatoms. The summed E-state index contributed by atoms with van der Waals surface area (Å²) < 4.78 is 16.9. The van der Waals surface area contributed by atoms with Crippen LogP contribution < -0.4 is 15.2 Å². The van der Waals surface area contributed by atoms with Gasteiger partial charge in [0.1, 0.15) is 11.7 Å². The molecule has 0 bridgehead atoms. The second-order valence-corrected chi connectivity index (χ2v) is 9.82. The third-order valence-electron chi connectivity index (χ3n) is 6.32. The van der Waals surface area contributed by atoms with E-state index in [4.69, 9.17) is 19.9 Å². The molecular formula is C27H31N5O4. The topological polar surface area (TPSA) is 145 Å². The lowest BCUT2D eigenvalue weighted by atomic mass is 9.58. The molecule has 2 N–H and O–H groups in total. The molecule has 1 heterocycles. The van der Waals surface area contributed by atoms with Crippen molar-refractivity contribution in [1.29, 1.82) is 15.8 Å². The number of hydrogen-bond donors (Lipinski definition) is 1. The molecule has 188 valence electrons. The molecule has 3 rings (SSSR count). The summed E-state index contributed by atoms with van der Waals surface area (Å²) in [4.78, 5) is 14.4. The standard InChI is InChI=1S/C27H31N5O4/c1-6-11-35-21-8-7-17(12-22(21)34-5)23-20-14-32(25(33)36-26(2,3)4)10-9-18(20)19(13-28)24(31)27(23,15-29)16-30/h7-9,12,20,23H,6,10-11,14,31H2,1-5H3/t20-,23-/m1/s1.